The maximum atomic E-state index is 11.8. The van der Waals surface area contributed by atoms with Gasteiger partial charge >= 0.3 is 6.18 Å². The van der Waals surface area contributed by atoms with Crippen LogP contribution >= 0.6 is 0 Å². The Labute approximate surface area is 97.6 Å². The van der Waals surface area contributed by atoms with Gasteiger partial charge in [0.15, 0.2) is 0 Å². The molecule has 1 aromatic rings. The molecule has 17 heavy (non-hydrogen) atoms. The van der Waals surface area contributed by atoms with E-state index in [1.54, 1.807) is 24.3 Å². The van der Waals surface area contributed by atoms with E-state index in [-0.39, 0.29) is 13.0 Å². The third-order valence-corrected chi connectivity index (χ3v) is 2.08. The van der Waals surface area contributed by atoms with E-state index in [4.69, 9.17) is 10.00 Å². The summed E-state index contributed by atoms with van der Waals surface area (Å²) in [5, 5.41) is 8.45. The molecule has 0 aliphatic rings. The van der Waals surface area contributed by atoms with Crippen LogP contribution in [0.5, 0.6) is 5.75 Å². The molecule has 0 spiro atoms. The summed E-state index contributed by atoms with van der Waals surface area (Å²) in [5.41, 5.74) is 0.857. The van der Waals surface area contributed by atoms with Gasteiger partial charge in [0.1, 0.15) is 5.75 Å². The van der Waals surface area contributed by atoms with Gasteiger partial charge in [-0.25, -0.2) is 0 Å². The number of halogens is 3. The number of nitriles is 1. The molecule has 0 atom stereocenters. The molecule has 0 aromatic heterocycles. The predicted octanol–water partition coefficient (Wildman–Crippen LogP) is 3.47. The van der Waals surface area contributed by atoms with E-state index in [1.807, 2.05) is 6.07 Å². The molecule has 2 nitrogen and oxygen atoms in total. The summed E-state index contributed by atoms with van der Waals surface area (Å²) >= 11 is 0. The summed E-state index contributed by atoms with van der Waals surface area (Å²) in [5.74, 6) is 0.522. The Morgan fingerprint density at radius 1 is 1.18 bits per heavy atom. The van der Waals surface area contributed by atoms with Crippen molar-refractivity contribution in [2.45, 2.75) is 25.4 Å². The first-order valence-electron chi connectivity index (χ1n) is 5.17. The maximum absolute atomic E-state index is 11.8. The van der Waals surface area contributed by atoms with Gasteiger partial charge in [0.25, 0.3) is 0 Å². The monoisotopic (exact) mass is 243 g/mol. The smallest absolute Gasteiger partial charge is 0.389 e. The van der Waals surface area contributed by atoms with Crippen molar-refractivity contribution in [1.82, 2.24) is 0 Å². The molecule has 0 aliphatic heterocycles. The highest BCUT2D eigenvalue weighted by atomic mass is 19.4. The van der Waals surface area contributed by atoms with E-state index < -0.39 is 12.6 Å². The minimum atomic E-state index is -4.12. The van der Waals surface area contributed by atoms with Gasteiger partial charge in [-0.3, -0.25) is 0 Å². The van der Waals surface area contributed by atoms with Gasteiger partial charge in [-0.15, -0.1) is 0 Å². The van der Waals surface area contributed by atoms with Gasteiger partial charge in [0, 0.05) is 6.42 Å². The Morgan fingerprint density at radius 2 is 1.82 bits per heavy atom. The number of ether oxygens (including phenoxy) is 1. The van der Waals surface area contributed by atoms with E-state index >= 15 is 0 Å². The van der Waals surface area contributed by atoms with Crippen molar-refractivity contribution >= 4 is 0 Å². The molecule has 0 amide bonds. The summed E-state index contributed by atoms with van der Waals surface area (Å²) in [7, 11) is 0. The fourth-order valence-corrected chi connectivity index (χ4v) is 1.26. The number of alkyl halides is 3. The van der Waals surface area contributed by atoms with Gasteiger partial charge in [0.2, 0.25) is 0 Å². The lowest BCUT2D eigenvalue weighted by Crippen LogP contribution is -2.09. The van der Waals surface area contributed by atoms with Crippen LogP contribution < -0.4 is 4.74 Å². The molecule has 92 valence electrons. The zero-order valence-corrected chi connectivity index (χ0v) is 9.13. The van der Waals surface area contributed by atoms with Crippen LogP contribution in [0.4, 0.5) is 13.2 Å². The van der Waals surface area contributed by atoms with Crippen molar-refractivity contribution in [2.24, 2.45) is 0 Å². The van der Waals surface area contributed by atoms with Gasteiger partial charge in [-0.2, -0.15) is 18.4 Å². The molecule has 0 saturated carbocycles. The van der Waals surface area contributed by atoms with Crippen LogP contribution in [0, 0.1) is 11.3 Å². The lowest BCUT2D eigenvalue weighted by atomic mass is 10.2. The molecule has 0 N–H and O–H groups in total. The first-order chi connectivity index (χ1) is 8.01. The Kier molecular flexibility index (Phi) is 4.83. The van der Waals surface area contributed by atoms with Crippen molar-refractivity contribution in [3.05, 3.63) is 29.8 Å². The van der Waals surface area contributed by atoms with Crippen LogP contribution in [0.15, 0.2) is 24.3 Å². The van der Waals surface area contributed by atoms with E-state index in [0.717, 1.165) is 5.56 Å². The number of hydrogen-bond donors (Lipinski definition) is 0. The number of nitrogens with zero attached hydrogens (tertiary/aromatic N) is 1. The minimum Gasteiger partial charge on any atom is -0.494 e. The van der Waals surface area contributed by atoms with Crippen molar-refractivity contribution in [1.29, 1.82) is 5.26 Å². The Hall–Kier alpha value is -1.70. The average Bonchev–Trinajstić information content (AvgIpc) is 2.26. The van der Waals surface area contributed by atoms with Gasteiger partial charge in [0.05, 0.1) is 19.1 Å². The Balaban J connectivity index is 2.30. The highest BCUT2D eigenvalue weighted by molar-refractivity contribution is 5.28. The largest absolute Gasteiger partial charge is 0.494 e. The molecule has 0 fully saturated rings. The van der Waals surface area contributed by atoms with Crippen LogP contribution in [0.1, 0.15) is 18.4 Å². The normalized spacial score (nSPS) is 10.9. The molecule has 0 bridgehead atoms. The van der Waals surface area contributed by atoms with Gasteiger partial charge in [-0.05, 0) is 24.1 Å². The van der Waals surface area contributed by atoms with E-state index in [2.05, 4.69) is 0 Å². The Morgan fingerprint density at radius 3 is 2.35 bits per heavy atom. The molecular formula is C12H12F3NO. The van der Waals surface area contributed by atoms with E-state index in [1.165, 1.54) is 0 Å². The molecule has 0 unspecified atom stereocenters. The standard InChI is InChI=1S/C12H12F3NO/c13-12(14,15)7-1-9-17-11-4-2-10(3-5-11)6-8-16/h2-5H,1,6-7,9H2. The van der Waals surface area contributed by atoms with Gasteiger partial charge < -0.3 is 4.74 Å². The van der Waals surface area contributed by atoms with Crippen molar-refractivity contribution in [2.75, 3.05) is 6.61 Å². The Bertz CT molecular complexity index is 378. The number of benzene rings is 1. The van der Waals surface area contributed by atoms with Crippen molar-refractivity contribution in [3.8, 4) is 11.8 Å². The molecule has 0 saturated heterocycles. The van der Waals surface area contributed by atoms with Crippen LogP contribution in [-0.2, 0) is 6.42 Å². The topological polar surface area (TPSA) is 33.0 Å². The molecule has 1 rings (SSSR count). The fraction of sp³-hybridized carbons (Fsp3) is 0.417. The predicted molar refractivity (Wildman–Crippen MR) is 56.5 cm³/mol. The first-order valence-corrected chi connectivity index (χ1v) is 5.17. The summed E-state index contributed by atoms with van der Waals surface area (Å²) < 4.78 is 40.7. The SMILES string of the molecule is N#CCc1ccc(OCCCC(F)(F)F)cc1. The highest BCUT2D eigenvalue weighted by Crippen LogP contribution is 2.21. The molecule has 0 radical (unpaired) electrons. The first kappa shape index (κ1) is 13.4. The summed E-state index contributed by atoms with van der Waals surface area (Å²) in [4.78, 5) is 0. The summed E-state index contributed by atoms with van der Waals surface area (Å²) in [6, 6.07) is 8.76. The molecule has 0 heterocycles. The molecule has 5 heteroatoms. The average molecular weight is 243 g/mol. The third kappa shape index (κ3) is 5.81. The second-order valence-electron chi connectivity index (χ2n) is 3.55. The second kappa shape index (κ2) is 6.14. The van der Waals surface area contributed by atoms with Crippen molar-refractivity contribution < 1.29 is 17.9 Å². The molecule has 1 aromatic carbocycles. The third-order valence-electron chi connectivity index (χ3n) is 2.08. The second-order valence-corrected chi connectivity index (χ2v) is 3.55. The number of hydrogen-bond acceptors (Lipinski definition) is 2. The lowest BCUT2D eigenvalue weighted by molar-refractivity contribution is -0.136. The molecule has 0 aliphatic carbocycles. The quantitative estimate of drug-likeness (QED) is 0.742. The highest BCUT2D eigenvalue weighted by Gasteiger charge is 2.25. The van der Waals surface area contributed by atoms with E-state index in [0.29, 0.717) is 12.2 Å². The van der Waals surface area contributed by atoms with Crippen LogP contribution in [-0.4, -0.2) is 12.8 Å². The summed E-state index contributed by atoms with van der Waals surface area (Å²) in [6.45, 7) is 0.0388. The zero-order valence-electron chi connectivity index (χ0n) is 9.13. The van der Waals surface area contributed by atoms with Crippen LogP contribution in [0.25, 0.3) is 0 Å². The zero-order chi connectivity index (χ0) is 12.7. The fourth-order valence-electron chi connectivity index (χ4n) is 1.26. The van der Waals surface area contributed by atoms with Crippen LogP contribution in [0.2, 0.25) is 0 Å². The van der Waals surface area contributed by atoms with Gasteiger partial charge in [-0.1, -0.05) is 12.1 Å². The summed E-state index contributed by atoms with van der Waals surface area (Å²) in [6.07, 6.45) is -4.70. The minimum absolute atomic E-state index is 0.0388. The number of rotatable bonds is 5. The maximum Gasteiger partial charge on any atom is 0.389 e. The van der Waals surface area contributed by atoms with Crippen molar-refractivity contribution in [3.63, 3.8) is 0 Å². The molecular weight excluding hydrogens is 231 g/mol. The lowest BCUT2D eigenvalue weighted by Gasteiger charge is -2.08. The van der Waals surface area contributed by atoms with E-state index in [9.17, 15) is 13.2 Å². The van der Waals surface area contributed by atoms with Crippen LogP contribution in [0.3, 0.4) is 0 Å².